The van der Waals surface area contributed by atoms with Gasteiger partial charge in [-0.1, -0.05) is 22.6 Å². The van der Waals surface area contributed by atoms with Crippen LogP contribution in [0.3, 0.4) is 0 Å². The number of rotatable bonds is 3. The molecule has 6 rings (SSSR count). The van der Waals surface area contributed by atoms with Crippen molar-refractivity contribution in [1.29, 1.82) is 0 Å². The normalized spacial score (nSPS) is 17.2. The topological polar surface area (TPSA) is 135 Å². The molecule has 24 heteroatoms. The van der Waals surface area contributed by atoms with Crippen LogP contribution in [-0.2, 0) is 42.1 Å². The Morgan fingerprint density at radius 1 is 0.625 bits per heavy atom. The Balaban J connectivity index is 0.000000326. The number of amides is 2. The number of aromatic amines is 1. The molecule has 0 saturated carbocycles. The molecule has 2 amide bonds. The maximum Gasteiger partial charge on any atom is 0.434 e. The first-order valence-corrected chi connectivity index (χ1v) is 22.5. The van der Waals surface area contributed by atoms with Crippen molar-refractivity contribution in [2.24, 2.45) is 14.1 Å². The molecular weight excluding hydrogens is 1000 g/mol. The summed E-state index contributed by atoms with van der Waals surface area (Å²) in [5, 5.41) is 3.18. The molecule has 3 aliphatic rings. The second-order valence-corrected chi connectivity index (χ2v) is 17.4. The first-order valence-electron chi connectivity index (χ1n) is 20.4. The van der Waals surface area contributed by atoms with Gasteiger partial charge in [-0.3, -0.25) is 0 Å². The van der Waals surface area contributed by atoms with Crippen LogP contribution >= 0.6 is 35.0 Å². The second kappa shape index (κ2) is 23.3. The Kier molecular flexibility index (Phi) is 20.6. The molecule has 0 unspecified atom stereocenters. The van der Waals surface area contributed by atoms with E-state index in [0.29, 0.717) is 69.3 Å². The van der Waals surface area contributed by atoms with Crippen LogP contribution in [0.25, 0.3) is 0 Å². The second-order valence-electron chi connectivity index (χ2n) is 17.4. The molecule has 3 fully saturated rings. The molecule has 6 heterocycles. The standard InChI is InChI=1S/C15H22F3N3O2.C14H20F3N3O2.C10H14F3N3.CH3I.ClH/c1-14(2,3)23-13(22)21-7-5-10(6-8-21)12-19-11(9-20(12)4)15(16,17)18;1-13(2,3)22-12(21)20-6-4-9(5-7-20)11-18-8-10(19-11)14(15,16)17;1-16-6-8(10(11,12)13)15-9(16)7-2-4-14-5-3-7;1-2;/h9-10H,5-8H2,1-4H3;8-9H,4-7H2,1-3H3,(H,18,19);6-7,14H,2-5H2,1H3;1H3;1H. The fourth-order valence-electron chi connectivity index (χ4n) is 7.07. The molecule has 366 valence electrons. The van der Waals surface area contributed by atoms with Crippen LogP contribution in [0.1, 0.15) is 132 Å². The molecule has 0 aromatic carbocycles. The van der Waals surface area contributed by atoms with E-state index in [0.717, 1.165) is 44.5 Å². The molecule has 3 aromatic rings. The number of carbonyl (C=O) groups is 2. The molecule has 64 heavy (non-hydrogen) atoms. The number of piperidine rings is 3. The highest BCUT2D eigenvalue weighted by Crippen LogP contribution is 2.35. The van der Waals surface area contributed by atoms with Crippen LogP contribution in [0.5, 0.6) is 0 Å². The molecule has 0 atom stereocenters. The van der Waals surface area contributed by atoms with E-state index in [1.807, 2.05) is 4.93 Å². The molecule has 0 radical (unpaired) electrons. The molecule has 13 nitrogen and oxygen atoms in total. The van der Waals surface area contributed by atoms with Crippen LogP contribution < -0.4 is 5.32 Å². The molecular formula is C40H60ClF9IN9O4. The number of hydrogen-bond acceptors (Lipinski definition) is 8. The van der Waals surface area contributed by atoms with Crippen molar-refractivity contribution in [3.8, 4) is 0 Å². The maximum atomic E-state index is 12.7. The Hall–Kier alpha value is -3.48. The lowest BCUT2D eigenvalue weighted by molar-refractivity contribution is -0.141. The van der Waals surface area contributed by atoms with Crippen LogP contribution in [0.4, 0.5) is 49.1 Å². The average Bonchev–Trinajstić information content (AvgIpc) is 3.94. The summed E-state index contributed by atoms with van der Waals surface area (Å²) in [7, 11) is 3.19. The van der Waals surface area contributed by atoms with E-state index in [4.69, 9.17) is 9.47 Å². The van der Waals surface area contributed by atoms with E-state index >= 15 is 0 Å². The van der Waals surface area contributed by atoms with E-state index < -0.39 is 46.8 Å². The third-order valence-electron chi connectivity index (χ3n) is 10.1. The van der Waals surface area contributed by atoms with Gasteiger partial charge in [0.1, 0.15) is 34.4 Å². The number of imidazole rings is 3. The smallest absolute Gasteiger partial charge is 0.434 e. The van der Waals surface area contributed by atoms with Crippen molar-refractivity contribution < 1.29 is 58.6 Å². The van der Waals surface area contributed by atoms with E-state index in [1.54, 1.807) is 65.4 Å². The number of aryl methyl sites for hydroxylation is 2. The number of hydrogen-bond donors (Lipinski definition) is 2. The highest BCUT2D eigenvalue weighted by atomic mass is 127. The molecule has 0 bridgehead atoms. The fraction of sp³-hybridized carbons (Fsp3) is 0.725. The van der Waals surface area contributed by atoms with Crippen molar-refractivity contribution in [2.45, 2.75) is 128 Å². The molecule has 3 saturated heterocycles. The highest BCUT2D eigenvalue weighted by Gasteiger charge is 2.38. The predicted octanol–water partition coefficient (Wildman–Crippen LogP) is 10.5. The number of aromatic nitrogens is 6. The molecule has 3 aromatic heterocycles. The molecule has 0 aliphatic carbocycles. The Morgan fingerprint density at radius 3 is 1.30 bits per heavy atom. The lowest BCUT2D eigenvalue weighted by atomic mass is 9.96. The monoisotopic (exact) mass is 1060 g/mol. The van der Waals surface area contributed by atoms with Gasteiger partial charge in [-0.2, -0.15) is 39.5 Å². The third-order valence-corrected chi connectivity index (χ3v) is 10.1. The van der Waals surface area contributed by atoms with Gasteiger partial charge in [0.2, 0.25) is 0 Å². The van der Waals surface area contributed by atoms with Gasteiger partial charge in [0, 0.05) is 70.4 Å². The third kappa shape index (κ3) is 17.4. The van der Waals surface area contributed by atoms with Crippen LogP contribution in [0.15, 0.2) is 18.6 Å². The van der Waals surface area contributed by atoms with Crippen LogP contribution in [-0.4, -0.2) is 106 Å². The van der Waals surface area contributed by atoms with Crippen LogP contribution in [0.2, 0.25) is 0 Å². The largest absolute Gasteiger partial charge is 0.444 e. The summed E-state index contributed by atoms with van der Waals surface area (Å²) in [6.45, 7) is 14.2. The Labute approximate surface area is 387 Å². The predicted molar refractivity (Wildman–Crippen MR) is 232 cm³/mol. The lowest BCUT2D eigenvalue weighted by Crippen LogP contribution is -2.41. The van der Waals surface area contributed by atoms with E-state index in [9.17, 15) is 49.1 Å². The lowest BCUT2D eigenvalue weighted by Gasteiger charge is -2.33. The van der Waals surface area contributed by atoms with Crippen molar-refractivity contribution in [3.63, 3.8) is 0 Å². The van der Waals surface area contributed by atoms with Gasteiger partial charge >= 0.3 is 30.7 Å². The van der Waals surface area contributed by atoms with Gasteiger partial charge < -0.3 is 38.7 Å². The maximum absolute atomic E-state index is 12.7. The van der Waals surface area contributed by atoms with E-state index in [-0.39, 0.29) is 42.3 Å². The minimum atomic E-state index is -4.44. The molecule has 2 N–H and O–H groups in total. The zero-order chi connectivity index (χ0) is 47.7. The van der Waals surface area contributed by atoms with Gasteiger partial charge in [0.25, 0.3) is 0 Å². The van der Waals surface area contributed by atoms with Gasteiger partial charge in [0.05, 0.1) is 6.20 Å². The Bertz CT molecular complexity index is 1900. The minimum Gasteiger partial charge on any atom is -0.444 e. The first kappa shape index (κ1) is 56.6. The number of ether oxygens (including phenoxy) is 2. The van der Waals surface area contributed by atoms with Crippen molar-refractivity contribution in [1.82, 2.24) is 44.2 Å². The SMILES string of the molecule is CC(C)(C)OC(=O)N1CCC(c2ncc(C(F)(F)F)[nH]2)CC1.CI.Cl.Cn1cc(C(F)(F)F)nc1C1CCN(C(=O)OC(C)(C)C)CC1.Cn1cc(C(F)(F)F)nc1C1CCNCC1. The van der Waals surface area contributed by atoms with Gasteiger partial charge in [0.15, 0.2) is 11.4 Å². The molecule has 0 spiro atoms. The van der Waals surface area contributed by atoms with Crippen molar-refractivity contribution in [2.75, 3.05) is 44.2 Å². The Morgan fingerprint density at radius 2 is 0.984 bits per heavy atom. The van der Waals surface area contributed by atoms with Gasteiger partial charge in [-0.05, 0) is 98.1 Å². The summed E-state index contributed by atoms with van der Waals surface area (Å²) < 4.78 is 127. The number of nitrogens with one attached hydrogen (secondary N) is 2. The highest BCUT2D eigenvalue weighted by molar-refractivity contribution is 14.1. The number of likely N-dealkylation sites (tertiary alicyclic amines) is 2. The van der Waals surface area contributed by atoms with Crippen LogP contribution in [0, 0.1) is 0 Å². The van der Waals surface area contributed by atoms with Crippen molar-refractivity contribution in [3.05, 3.63) is 53.1 Å². The van der Waals surface area contributed by atoms with Gasteiger partial charge in [-0.15, -0.1) is 12.4 Å². The summed E-state index contributed by atoms with van der Waals surface area (Å²) in [5.41, 5.74) is -3.61. The summed E-state index contributed by atoms with van der Waals surface area (Å²) >= 11 is 2.15. The van der Waals surface area contributed by atoms with Gasteiger partial charge in [-0.25, -0.2) is 24.5 Å². The van der Waals surface area contributed by atoms with Crippen molar-refractivity contribution >= 4 is 47.2 Å². The minimum absolute atomic E-state index is 0. The zero-order valence-corrected chi connectivity index (χ0v) is 40.4. The number of alkyl halides is 10. The summed E-state index contributed by atoms with van der Waals surface area (Å²) in [6.07, 6.45) is -7.12. The number of carbonyl (C=O) groups excluding carboxylic acids is 2. The van der Waals surface area contributed by atoms with E-state index in [2.05, 4.69) is 47.8 Å². The zero-order valence-electron chi connectivity index (χ0n) is 37.4. The summed E-state index contributed by atoms with van der Waals surface area (Å²) in [6, 6.07) is 0. The molecule has 3 aliphatic heterocycles. The average molecular weight is 1060 g/mol. The first-order chi connectivity index (χ1) is 29.0. The fourth-order valence-corrected chi connectivity index (χ4v) is 7.07. The van der Waals surface area contributed by atoms with E-state index in [1.165, 1.54) is 9.13 Å². The number of nitrogens with zero attached hydrogens (tertiary/aromatic N) is 7. The quantitative estimate of drug-likeness (QED) is 0.150. The summed E-state index contributed by atoms with van der Waals surface area (Å²) in [4.78, 5) is 42.7. The summed E-state index contributed by atoms with van der Waals surface area (Å²) in [5.74, 6) is 1.25. The number of H-pyrrole nitrogens is 1. The number of halogens is 11.